The summed E-state index contributed by atoms with van der Waals surface area (Å²) in [5.74, 6) is 2.67. The molecule has 0 bridgehead atoms. The second-order valence-corrected chi connectivity index (χ2v) is 7.64. The lowest BCUT2D eigenvalue weighted by atomic mass is 9.88. The number of benzene rings is 1. The van der Waals surface area contributed by atoms with Crippen molar-refractivity contribution in [2.24, 2.45) is 5.92 Å². The van der Waals surface area contributed by atoms with E-state index in [1.54, 1.807) is 0 Å². The molecule has 1 aliphatic carbocycles. The number of hydrogen-bond donors (Lipinski definition) is 0. The molecule has 0 spiro atoms. The SMILES string of the molecule is CC1(C)CCc2c(ccc3c2O/C(=C\C2CCCCC2)C3=O)O1. The van der Waals surface area contributed by atoms with Crippen molar-refractivity contribution in [3.05, 3.63) is 35.1 Å². The van der Waals surface area contributed by atoms with Gasteiger partial charge in [-0.3, -0.25) is 4.79 Å². The molecule has 4 rings (SSSR count). The highest BCUT2D eigenvalue weighted by Crippen LogP contribution is 2.44. The van der Waals surface area contributed by atoms with Crippen molar-refractivity contribution in [3.8, 4) is 11.5 Å². The Kier molecular flexibility index (Phi) is 3.47. The number of allylic oxidation sites excluding steroid dienone is 2. The Morgan fingerprint density at radius 1 is 1.17 bits per heavy atom. The Labute approximate surface area is 137 Å². The zero-order valence-corrected chi connectivity index (χ0v) is 14.0. The number of rotatable bonds is 1. The van der Waals surface area contributed by atoms with Crippen molar-refractivity contribution in [2.45, 2.75) is 64.4 Å². The largest absolute Gasteiger partial charge is 0.487 e. The predicted molar refractivity (Wildman–Crippen MR) is 89.1 cm³/mol. The van der Waals surface area contributed by atoms with Gasteiger partial charge in [-0.05, 0) is 63.7 Å². The zero-order chi connectivity index (χ0) is 16.0. The average Bonchev–Trinajstić information content (AvgIpc) is 2.84. The van der Waals surface area contributed by atoms with Gasteiger partial charge in [0.05, 0.1) is 5.56 Å². The number of ketones is 1. The van der Waals surface area contributed by atoms with Crippen molar-refractivity contribution < 1.29 is 14.3 Å². The maximum atomic E-state index is 12.6. The summed E-state index contributed by atoms with van der Waals surface area (Å²) in [7, 11) is 0. The van der Waals surface area contributed by atoms with E-state index in [0.717, 1.165) is 29.9 Å². The van der Waals surface area contributed by atoms with Crippen LogP contribution in [0.1, 0.15) is 68.3 Å². The number of carbonyl (C=O) groups is 1. The lowest BCUT2D eigenvalue weighted by molar-refractivity contribution is 0.0838. The summed E-state index contributed by atoms with van der Waals surface area (Å²) in [5, 5.41) is 0. The van der Waals surface area contributed by atoms with Crippen LogP contribution >= 0.6 is 0 Å². The molecule has 2 aliphatic heterocycles. The van der Waals surface area contributed by atoms with E-state index in [0.29, 0.717) is 17.2 Å². The summed E-state index contributed by atoms with van der Waals surface area (Å²) in [6, 6.07) is 3.79. The van der Waals surface area contributed by atoms with E-state index >= 15 is 0 Å². The van der Waals surface area contributed by atoms with Gasteiger partial charge in [0.25, 0.3) is 0 Å². The van der Waals surface area contributed by atoms with Crippen molar-refractivity contribution in [1.82, 2.24) is 0 Å². The van der Waals surface area contributed by atoms with Crippen LogP contribution in [0.3, 0.4) is 0 Å². The smallest absolute Gasteiger partial charge is 0.231 e. The summed E-state index contributed by atoms with van der Waals surface area (Å²) in [6.45, 7) is 4.20. The Morgan fingerprint density at radius 2 is 1.96 bits per heavy atom. The molecule has 1 saturated carbocycles. The first-order valence-electron chi connectivity index (χ1n) is 8.83. The number of fused-ring (bicyclic) bond motifs is 3. The molecule has 3 nitrogen and oxygen atoms in total. The Hall–Kier alpha value is -1.77. The molecule has 23 heavy (non-hydrogen) atoms. The van der Waals surface area contributed by atoms with E-state index in [2.05, 4.69) is 19.9 Å². The minimum absolute atomic E-state index is 0.0400. The van der Waals surface area contributed by atoms with E-state index in [9.17, 15) is 4.79 Å². The van der Waals surface area contributed by atoms with Crippen LogP contribution in [0.4, 0.5) is 0 Å². The molecule has 0 saturated heterocycles. The van der Waals surface area contributed by atoms with Gasteiger partial charge in [-0.25, -0.2) is 0 Å². The first-order valence-corrected chi connectivity index (χ1v) is 8.83. The van der Waals surface area contributed by atoms with Gasteiger partial charge in [-0.2, -0.15) is 0 Å². The molecule has 3 heteroatoms. The molecule has 0 N–H and O–H groups in total. The Morgan fingerprint density at radius 3 is 2.74 bits per heavy atom. The molecule has 0 unspecified atom stereocenters. The second kappa shape index (κ2) is 5.40. The predicted octanol–water partition coefficient (Wildman–Crippen LogP) is 4.83. The van der Waals surface area contributed by atoms with Gasteiger partial charge in [0.15, 0.2) is 5.76 Å². The van der Waals surface area contributed by atoms with Crippen LogP contribution in [0.2, 0.25) is 0 Å². The summed E-state index contributed by atoms with van der Waals surface area (Å²) >= 11 is 0. The highest BCUT2D eigenvalue weighted by molar-refractivity contribution is 6.12. The van der Waals surface area contributed by atoms with E-state index in [4.69, 9.17) is 9.47 Å². The molecule has 122 valence electrons. The van der Waals surface area contributed by atoms with Crippen LogP contribution < -0.4 is 9.47 Å². The molecule has 1 aromatic carbocycles. The van der Waals surface area contributed by atoms with Gasteiger partial charge >= 0.3 is 0 Å². The van der Waals surface area contributed by atoms with Crippen molar-refractivity contribution in [1.29, 1.82) is 0 Å². The third kappa shape index (κ3) is 2.66. The first kappa shape index (κ1) is 14.8. The van der Waals surface area contributed by atoms with Gasteiger partial charge in [-0.1, -0.05) is 19.3 Å². The molecule has 0 aromatic heterocycles. The van der Waals surface area contributed by atoms with Crippen LogP contribution in [-0.2, 0) is 6.42 Å². The number of ether oxygens (including phenoxy) is 2. The lowest BCUT2D eigenvalue weighted by Crippen LogP contribution is -2.32. The normalized spacial score (nSPS) is 24.8. The molecule has 1 fully saturated rings. The fourth-order valence-corrected chi connectivity index (χ4v) is 3.93. The maximum Gasteiger partial charge on any atom is 0.231 e. The van der Waals surface area contributed by atoms with Gasteiger partial charge < -0.3 is 9.47 Å². The van der Waals surface area contributed by atoms with Crippen LogP contribution in [0.5, 0.6) is 11.5 Å². The van der Waals surface area contributed by atoms with Crippen LogP contribution in [0, 0.1) is 5.92 Å². The van der Waals surface area contributed by atoms with E-state index in [1.807, 2.05) is 12.1 Å². The van der Waals surface area contributed by atoms with Gasteiger partial charge in [0.2, 0.25) is 5.78 Å². The number of hydrogen-bond acceptors (Lipinski definition) is 3. The summed E-state index contributed by atoms with van der Waals surface area (Å²) < 4.78 is 12.1. The van der Waals surface area contributed by atoms with Gasteiger partial charge in [0.1, 0.15) is 17.1 Å². The second-order valence-electron chi connectivity index (χ2n) is 7.64. The topological polar surface area (TPSA) is 35.5 Å². The molecule has 2 heterocycles. The van der Waals surface area contributed by atoms with E-state index in [-0.39, 0.29) is 11.4 Å². The number of Topliss-reactive ketones (excluding diaryl/α,β-unsaturated/α-hetero) is 1. The Balaban J connectivity index is 1.65. The lowest BCUT2D eigenvalue weighted by Gasteiger charge is -2.33. The average molecular weight is 312 g/mol. The minimum atomic E-state index is -0.148. The highest BCUT2D eigenvalue weighted by Gasteiger charge is 2.36. The molecular weight excluding hydrogens is 288 g/mol. The Bertz CT molecular complexity index is 678. The molecule has 0 atom stereocenters. The number of carbonyl (C=O) groups excluding carboxylic acids is 1. The summed E-state index contributed by atoms with van der Waals surface area (Å²) in [5.41, 5.74) is 1.61. The van der Waals surface area contributed by atoms with Gasteiger partial charge in [-0.15, -0.1) is 0 Å². The zero-order valence-electron chi connectivity index (χ0n) is 14.0. The van der Waals surface area contributed by atoms with Crippen LogP contribution in [0.25, 0.3) is 0 Å². The van der Waals surface area contributed by atoms with Crippen molar-refractivity contribution in [2.75, 3.05) is 0 Å². The molecule has 0 radical (unpaired) electrons. The standard InChI is InChI=1S/C20H24O3/c1-20(2)11-10-14-16(23-20)9-8-15-18(21)17(22-19(14)15)12-13-6-4-3-5-7-13/h8-9,12-13H,3-7,10-11H2,1-2H3/b17-12-. The fourth-order valence-electron chi connectivity index (χ4n) is 3.93. The van der Waals surface area contributed by atoms with E-state index < -0.39 is 0 Å². The van der Waals surface area contributed by atoms with Gasteiger partial charge in [0, 0.05) is 5.56 Å². The summed E-state index contributed by atoms with van der Waals surface area (Å²) in [4.78, 5) is 12.6. The molecular formula is C20H24O3. The molecule has 3 aliphatic rings. The van der Waals surface area contributed by atoms with Crippen molar-refractivity contribution >= 4 is 5.78 Å². The molecule has 1 aromatic rings. The van der Waals surface area contributed by atoms with Crippen LogP contribution in [-0.4, -0.2) is 11.4 Å². The maximum absolute atomic E-state index is 12.6. The molecule has 0 amide bonds. The first-order chi connectivity index (χ1) is 11.0. The third-order valence-electron chi connectivity index (χ3n) is 5.30. The van der Waals surface area contributed by atoms with Crippen molar-refractivity contribution in [3.63, 3.8) is 0 Å². The fraction of sp³-hybridized carbons (Fsp3) is 0.550. The minimum Gasteiger partial charge on any atom is -0.487 e. The summed E-state index contributed by atoms with van der Waals surface area (Å²) in [6.07, 6.45) is 10.1. The quantitative estimate of drug-likeness (QED) is 0.697. The highest BCUT2D eigenvalue weighted by atomic mass is 16.5. The van der Waals surface area contributed by atoms with E-state index in [1.165, 1.54) is 32.1 Å². The van der Waals surface area contributed by atoms with Crippen LogP contribution in [0.15, 0.2) is 24.0 Å². The third-order valence-corrected chi connectivity index (χ3v) is 5.30. The monoisotopic (exact) mass is 312 g/mol.